The van der Waals surface area contributed by atoms with Crippen LogP contribution < -0.4 is 4.74 Å². The van der Waals surface area contributed by atoms with Crippen LogP contribution in [0.15, 0.2) is 30.3 Å². The highest BCUT2D eigenvalue weighted by atomic mass is 35.5. The second kappa shape index (κ2) is 6.81. The summed E-state index contributed by atoms with van der Waals surface area (Å²) < 4.78 is 7.53. The zero-order valence-electron chi connectivity index (χ0n) is 12.6. The summed E-state index contributed by atoms with van der Waals surface area (Å²) >= 11 is 5.66. The number of aryl methyl sites for hydroxylation is 2. The molecule has 2 aromatic rings. The van der Waals surface area contributed by atoms with Crippen molar-refractivity contribution in [3.63, 3.8) is 0 Å². The SMILES string of the molecule is COc1ccccc1CCn1c(C)cc(C(=O)CCl)c1C. The number of hydrogen-bond acceptors (Lipinski definition) is 2. The zero-order valence-corrected chi connectivity index (χ0v) is 13.4. The molecule has 0 aliphatic rings. The number of ketones is 1. The first-order valence-electron chi connectivity index (χ1n) is 6.96. The molecule has 4 heteroatoms. The van der Waals surface area contributed by atoms with Gasteiger partial charge in [0.05, 0.1) is 13.0 Å². The average molecular weight is 306 g/mol. The third-order valence-corrected chi connectivity index (χ3v) is 4.04. The van der Waals surface area contributed by atoms with E-state index in [4.69, 9.17) is 16.3 Å². The summed E-state index contributed by atoms with van der Waals surface area (Å²) in [6.45, 7) is 4.79. The topological polar surface area (TPSA) is 31.2 Å². The van der Waals surface area contributed by atoms with E-state index in [2.05, 4.69) is 10.6 Å². The molecular weight excluding hydrogens is 286 g/mol. The smallest absolute Gasteiger partial charge is 0.179 e. The van der Waals surface area contributed by atoms with Crippen molar-refractivity contribution in [2.75, 3.05) is 13.0 Å². The van der Waals surface area contributed by atoms with Gasteiger partial charge in [0.25, 0.3) is 0 Å². The minimum atomic E-state index is -0.0201. The Hall–Kier alpha value is -1.74. The molecule has 2 rings (SSSR count). The Bertz CT molecular complexity index is 646. The van der Waals surface area contributed by atoms with E-state index in [0.29, 0.717) is 0 Å². The van der Waals surface area contributed by atoms with Crippen LogP contribution >= 0.6 is 11.6 Å². The van der Waals surface area contributed by atoms with Crippen LogP contribution in [0.3, 0.4) is 0 Å². The van der Waals surface area contributed by atoms with Gasteiger partial charge in [0.2, 0.25) is 0 Å². The molecule has 1 aromatic heterocycles. The number of hydrogen-bond donors (Lipinski definition) is 0. The summed E-state index contributed by atoms with van der Waals surface area (Å²) in [7, 11) is 1.68. The Kier molecular flexibility index (Phi) is 5.07. The predicted octanol–water partition coefficient (Wildman–Crippen LogP) is 3.78. The van der Waals surface area contributed by atoms with Crippen LogP contribution in [0.5, 0.6) is 5.75 Å². The summed E-state index contributed by atoms with van der Waals surface area (Å²) in [6, 6.07) is 9.93. The number of benzene rings is 1. The lowest BCUT2D eigenvalue weighted by atomic mass is 10.1. The quantitative estimate of drug-likeness (QED) is 0.601. The van der Waals surface area contributed by atoms with Crippen molar-refractivity contribution in [3.05, 3.63) is 52.8 Å². The van der Waals surface area contributed by atoms with Gasteiger partial charge in [0.1, 0.15) is 5.75 Å². The molecule has 0 aliphatic heterocycles. The summed E-state index contributed by atoms with van der Waals surface area (Å²) in [5.74, 6) is 0.905. The van der Waals surface area contributed by atoms with Gasteiger partial charge < -0.3 is 9.30 Å². The van der Waals surface area contributed by atoms with Gasteiger partial charge in [-0.05, 0) is 38.0 Å². The van der Waals surface area contributed by atoms with Crippen molar-refractivity contribution in [2.24, 2.45) is 0 Å². The van der Waals surface area contributed by atoms with E-state index in [1.807, 2.05) is 38.1 Å². The maximum Gasteiger partial charge on any atom is 0.179 e. The molecule has 0 saturated carbocycles. The first-order valence-corrected chi connectivity index (χ1v) is 7.49. The van der Waals surface area contributed by atoms with E-state index in [1.165, 1.54) is 0 Å². The van der Waals surface area contributed by atoms with Crippen LogP contribution in [-0.4, -0.2) is 23.3 Å². The number of aromatic nitrogens is 1. The van der Waals surface area contributed by atoms with Crippen LogP contribution in [0, 0.1) is 13.8 Å². The maximum absolute atomic E-state index is 11.8. The molecule has 3 nitrogen and oxygen atoms in total. The Morgan fingerprint density at radius 1 is 1.29 bits per heavy atom. The number of halogens is 1. The lowest BCUT2D eigenvalue weighted by Crippen LogP contribution is -2.08. The van der Waals surface area contributed by atoms with Crippen molar-refractivity contribution in [1.82, 2.24) is 4.57 Å². The first kappa shape index (κ1) is 15.6. The van der Waals surface area contributed by atoms with Crippen LogP contribution in [-0.2, 0) is 13.0 Å². The van der Waals surface area contributed by atoms with E-state index in [9.17, 15) is 4.79 Å². The number of nitrogens with zero attached hydrogens (tertiary/aromatic N) is 1. The van der Waals surface area contributed by atoms with Gasteiger partial charge in [-0.1, -0.05) is 18.2 Å². The Balaban J connectivity index is 2.21. The van der Waals surface area contributed by atoms with Gasteiger partial charge in [0.15, 0.2) is 5.78 Å². The predicted molar refractivity (Wildman–Crippen MR) is 85.7 cm³/mol. The van der Waals surface area contributed by atoms with E-state index < -0.39 is 0 Å². The average Bonchev–Trinajstić information content (AvgIpc) is 2.79. The van der Waals surface area contributed by atoms with Crippen LogP contribution in [0.1, 0.15) is 27.3 Å². The highest BCUT2D eigenvalue weighted by Crippen LogP contribution is 2.21. The second-order valence-electron chi connectivity index (χ2n) is 5.06. The number of para-hydroxylation sites is 1. The van der Waals surface area contributed by atoms with Gasteiger partial charge in [-0.15, -0.1) is 11.6 Å². The van der Waals surface area contributed by atoms with Gasteiger partial charge >= 0.3 is 0 Å². The van der Waals surface area contributed by atoms with Crippen LogP contribution in [0.4, 0.5) is 0 Å². The normalized spacial score (nSPS) is 10.7. The van der Waals surface area contributed by atoms with E-state index in [0.717, 1.165) is 41.2 Å². The standard InChI is InChI=1S/C17H20ClNO2/c1-12-10-15(16(20)11-18)13(2)19(12)9-8-14-6-4-5-7-17(14)21-3/h4-7,10H,8-9,11H2,1-3H3. The van der Waals surface area contributed by atoms with Crippen molar-refractivity contribution in [1.29, 1.82) is 0 Å². The summed E-state index contributed by atoms with van der Waals surface area (Å²) in [4.78, 5) is 11.8. The number of methoxy groups -OCH3 is 1. The van der Waals surface area contributed by atoms with Crippen LogP contribution in [0.25, 0.3) is 0 Å². The molecule has 0 unspecified atom stereocenters. The number of Topliss-reactive ketones (excluding diaryl/α,β-unsaturated/α-hetero) is 1. The maximum atomic E-state index is 11.8. The zero-order chi connectivity index (χ0) is 15.4. The molecule has 0 N–H and O–H groups in total. The lowest BCUT2D eigenvalue weighted by molar-refractivity contribution is 0.102. The number of alkyl halides is 1. The third kappa shape index (κ3) is 3.30. The molecule has 0 aliphatic carbocycles. The molecule has 0 amide bonds. The fourth-order valence-electron chi connectivity index (χ4n) is 2.64. The van der Waals surface area contributed by atoms with Gasteiger partial charge in [-0.3, -0.25) is 4.79 Å². The third-order valence-electron chi connectivity index (χ3n) is 3.79. The molecule has 0 bridgehead atoms. The number of rotatable bonds is 6. The Morgan fingerprint density at radius 3 is 2.67 bits per heavy atom. The monoisotopic (exact) mass is 305 g/mol. The van der Waals surface area contributed by atoms with Crippen LogP contribution in [0.2, 0.25) is 0 Å². The Morgan fingerprint density at radius 2 is 2.00 bits per heavy atom. The molecule has 0 radical (unpaired) electrons. The number of carbonyl (C=O) groups is 1. The molecule has 0 fully saturated rings. The van der Waals surface area contributed by atoms with Crippen molar-refractivity contribution < 1.29 is 9.53 Å². The van der Waals surface area contributed by atoms with Gasteiger partial charge in [-0.25, -0.2) is 0 Å². The minimum absolute atomic E-state index is 0.0201. The van der Waals surface area contributed by atoms with E-state index >= 15 is 0 Å². The van der Waals surface area contributed by atoms with E-state index in [-0.39, 0.29) is 11.7 Å². The second-order valence-corrected chi connectivity index (χ2v) is 5.32. The number of ether oxygens (including phenoxy) is 1. The molecule has 112 valence electrons. The molecule has 21 heavy (non-hydrogen) atoms. The van der Waals surface area contributed by atoms with Crippen molar-refractivity contribution in [2.45, 2.75) is 26.8 Å². The first-order chi connectivity index (χ1) is 10.1. The van der Waals surface area contributed by atoms with Gasteiger partial charge in [0, 0.05) is 23.5 Å². The van der Waals surface area contributed by atoms with Crippen molar-refractivity contribution >= 4 is 17.4 Å². The minimum Gasteiger partial charge on any atom is -0.496 e. The molecule has 0 saturated heterocycles. The summed E-state index contributed by atoms with van der Waals surface area (Å²) in [6.07, 6.45) is 0.856. The number of carbonyl (C=O) groups excluding carboxylic acids is 1. The molecular formula is C17H20ClNO2. The summed E-state index contributed by atoms with van der Waals surface area (Å²) in [5, 5.41) is 0. The van der Waals surface area contributed by atoms with Gasteiger partial charge in [-0.2, -0.15) is 0 Å². The molecule has 0 atom stereocenters. The highest BCUT2D eigenvalue weighted by molar-refractivity contribution is 6.30. The van der Waals surface area contributed by atoms with Crippen molar-refractivity contribution in [3.8, 4) is 5.75 Å². The molecule has 1 aromatic carbocycles. The Labute approximate surface area is 130 Å². The fraction of sp³-hybridized carbons (Fsp3) is 0.353. The fourth-order valence-corrected chi connectivity index (χ4v) is 2.79. The molecule has 1 heterocycles. The lowest BCUT2D eigenvalue weighted by Gasteiger charge is -2.12. The van der Waals surface area contributed by atoms with E-state index in [1.54, 1.807) is 7.11 Å². The largest absolute Gasteiger partial charge is 0.496 e. The molecule has 0 spiro atoms. The highest BCUT2D eigenvalue weighted by Gasteiger charge is 2.15. The summed E-state index contributed by atoms with van der Waals surface area (Å²) in [5.41, 5.74) is 3.95.